The predicted octanol–water partition coefficient (Wildman–Crippen LogP) is 1.38. The van der Waals surface area contributed by atoms with E-state index in [1.54, 1.807) is 23.1 Å². The van der Waals surface area contributed by atoms with E-state index >= 15 is 0 Å². The van der Waals surface area contributed by atoms with Crippen LogP contribution in [-0.4, -0.2) is 49.2 Å². The molecule has 0 aliphatic carbocycles. The lowest BCUT2D eigenvalue weighted by atomic mass is 10.2. The van der Waals surface area contributed by atoms with Crippen LogP contribution in [-0.2, 0) is 9.59 Å². The fourth-order valence-electron chi connectivity index (χ4n) is 2.19. The molecule has 0 saturated carbocycles. The minimum atomic E-state index is -0.396. The first-order chi connectivity index (χ1) is 10.6. The van der Waals surface area contributed by atoms with Crippen LogP contribution in [0.15, 0.2) is 22.7 Å². The van der Waals surface area contributed by atoms with Crippen molar-refractivity contribution in [2.24, 2.45) is 0 Å². The molecule has 6 nitrogen and oxygen atoms in total. The summed E-state index contributed by atoms with van der Waals surface area (Å²) < 4.78 is 6.07. The number of ether oxygens (including phenoxy) is 1. The molecule has 0 spiro atoms. The highest BCUT2D eigenvalue weighted by molar-refractivity contribution is 9.10. The number of benzene rings is 1. The summed E-state index contributed by atoms with van der Waals surface area (Å²) in [5, 5.41) is 2.53. The number of hydrogen-bond donors (Lipinski definition) is 1. The molecule has 1 aromatic rings. The summed E-state index contributed by atoms with van der Waals surface area (Å²) in [7, 11) is 0. The predicted molar refractivity (Wildman–Crippen MR) is 83.8 cm³/mol. The highest BCUT2D eigenvalue weighted by Gasteiger charge is 2.18. The maximum Gasteiger partial charge on any atom is 0.258 e. The van der Waals surface area contributed by atoms with Crippen LogP contribution in [0, 0.1) is 0 Å². The van der Waals surface area contributed by atoms with E-state index in [4.69, 9.17) is 4.74 Å². The van der Waals surface area contributed by atoms with Gasteiger partial charge in [-0.25, -0.2) is 0 Å². The smallest absolute Gasteiger partial charge is 0.258 e. The highest BCUT2D eigenvalue weighted by Crippen LogP contribution is 2.21. The van der Waals surface area contributed by atoms with Crippen LogP contribution >= 0.6 is 15.9 Å². The van der Waals surface area contributed by atoms with Crippen molar-refractivity contribution in [1.82, 2.24) is 10.2 Å². The average Bonchev–Trinajstić information content (AvgIpc) is 3.05. The van der Waals surface area contributed by atoms with Crippen LogP contribution in [0.4, 0.5) is 0 Å². The quantitative estimate of drug-likeness (QED) is 0.769. The number of carbonyl (C=O) groups is 3. The zero-order valence-corrected chi connectivity index (χ0v) is 13.6. The molecule has 1 aromatic carbocycles. The Balaban J connectivity index is 1.78. The summed E-state index contributed by atoms with van der Waals surface area (Å²) in [6, 6.07) is 4.94. The normalized spacial score (nSPS) is 13.8. The minimum Gasteiger partial charge on any atom is -0.483 e. The Kier molecular flexibility index (Phi) is 5.94. The van der Waals surface area contributed by atoms with E-state index < -0.39 is 5.91 Å². The van der Waals surface area contributed by atoms with Crippen molar-refractivity contribution < 1.29 is 19.1 Å². The van der Waals surface area contributed by atoms with Gasteiger partial charge in [0, 0.05) is 17.6 Å². The number of halogens is 1. The second kappa shape index (κ2) is 7.93. The third-order valence-electron chi connectivity index (χ3n) is 3.35. The van der Waals surface area contributed by atoms with Crippen LogP contribution in [0.2, 0.25) is 0 Å². The molecule has 0 atom stereocenters. The van der Waals surface area contributed by atoms with Gasteiger partial charge < -0.3 is 15.0 Å². The number of carbonyl (C=O) groups excluding carboxylic acids is 3. The van der Waals surface area contributed by atoms with Gasteiger partial charge in [0.2, 0.25) is 5.91 Å². The maximum absolute atomic E-state index is 11.8. The maximum atomic E-state index is 11.8. The molecule has 0 unspecified atom stereocenters. The van der Waals surface area contributed by atoms with E-state index in [2.05, 4.69) is 21.2 Å². The molecule has 1 aliphatic heterocycles. The second-order valence-corrected chi connectivity index (χ2v) is 5.87. The molecule has 0 aromatic heterocycles. The Morgan fingerprint density at radius 2 is 2.05 bits per heavy atom. The van der Waals surface area contributed by atoms with Crippen molar-refractivity contribution in [3.05, 3.63) is 28.2 Å². The summed E-state index contributed by atoms with van der Waals surface area (Å²) in [6.45, 7) is 1.25. The Morgan fingerprint density at radius 1 is 1.32 bits per heavy atom. The molecule has 1 fully saturated rings. The van der Waals surface area contributed by atoms with Gasteiger partial charge in [-0.15, -0.1) is 0 Å². The number of aldehydes is 1. The Labute approximate surface area is 136 Å². The van der Waals surface area contributed by atoms with Gasteiger partial charge in [0.25, 0.3) is 5.91 Å². The van der Waals surface area contributed by atoms with Crippen LogP contribution in [0.25, 0.3) is 0 Å². The molecule has 118 valence electrons. The molecule has 7 heteroatoms. The van der Waals surface area contributed by atoms with Crippen molar-refractivity contribution in [2.75, 3.05) is 26.2 Å². The minimum absolute atomic E-state index is 0.0247. The van der Waals surface area contributed by atoms with Gasteiger partial charge in [-0.2, -0.15) is 0 Å². The molecule has 1 aliphatic rings. The summed E-state index contributed by atoms with van der Waals surface area (Å²) in [4.78, 5) is 36.1. The van der Waals surface area contributed by atoms with Gasteiger partial charge in [0.1, 0.15) is 5.75 Å². The summed E-state index contributed by atoms with van der Waals surface area (Å²) in [6.07, 6.45) is 2.69. The lowest BCUT2D eigenvalue weighted by Crippen LogP contribution is -2.40. The standard InChI is InChI=1S/C15H17BrN2O4/c16-12-3-4-13(11(7-12)9-19)22-10-14(20)17-8-15(21)18-5-1-2-6-18/h3-4,7,9H,1-2,5-6,8,10H2,(H,17,20). The molecule has 22 heavy (non-hydrogen) atoms. The average molecular weight is 369 g/mol. The molecule has 1 saturated heterocycles. The van der Waals surface area contributed by atoms with Crippen molar-refractivity contribution in [2.45, 2.75) is 12.8 Å². The molecule has 0 radical (unpaired) electrons. The van der Waals surface area contributed by atoms with E-state index in [1.165, 1.54) is 0 Å². The summed E-state index contributed by atoms with van der Waals surface area (Å²) in [5.41, 5.74) is 0.357. The highest BCUT2D eigenvalue weighted by atomic mass is 79.9. The Hall–Kier alpha value is -1.89. The number of likely N-dealkylation sites (tertiary alicyclic amines) is 1. The van der Waals surface area contributed by atoms with Gasteiger partial charge in [-0.3, -0.25) is 14.4 Å². The lowest BCUT2D eigenvalue weighted by Gasteiger charge is -2.15. The zero-order valence-electron chi connectivity index (χ0n) is 12.0. The van der Waals surface area contributed by atoms with Crippen molar-refractivity contribution in [3.8, 4) is 5.75 Å². The largest absolute Gasteiger partial charge is 0.483 e. The van der Waals surface area contributed by atoms with Crippen molar-refractivity contribution in [1.29, 1.82) is 0 Å². The van der Waals surface area contributed by atoms with E-state index in [9.17, 15) is 14.4 Å². The van der Waals surface area contributed by atoms with E-state index in [0.29, 0.717) is 17.6 Å². The monoisotopic (exact) mass is 368 g/mol. The number of hydrogen-bond acceptors (Lipinski definition) is 4. The van der Waals surface area contributed by atoms with Gasteiger partial charge in [0.15, 0.2) is 12.9 Å². The van der Waals surface area contributed by atoms with Gasteiger partial charge in [-0.05, 0) is 31.0 Å². The zero-order chi connectivity index (χ0) is 15.9. The summed E-state index contributed by atoms with van der Waals surface area (Å²) in [5.74, 6) is -0.144. The molecular weight excluding hydrogens is 352 g/mol. The van der Waals surface area contributed by atoms with Crippen LogP contribution in [0.1, 0.15) is 23.2 Å². The molecular formula is C15H17BrN2O4. The Bertz CT molecular complexity index is 571. The molecule has 2 amide bonds. The molecule has 0 bridgehead atoms. The van der Waals surface area contributed by atoms with Gasteiger partial charge in [0.05, 0.1) is 12.1 Å². The molecule has 1 N–H and O–H groups in total. The van der Waals surface area contributed by atoms with Crippen molar-refractivity contribution >= 4 is 34.0 Å². The van der Waals surface area contributed by atoms with Crippen molar-refractivity contribution in [3.63, 3.8) is 0 Å². The number of rotatable bonds is 6. The van der Waals surface area contributed by atoms with E-state index in [-0.39, 0.29) is 19.1 Å². The number of amides is 2. The fourth-order valence-corrected chi connectivity index (χ4v) is 2.57. The first-order valence-corrected chi connectivity index (χ1v) is 7.81. The van der Waals surface area contributed by atoms with Gasteiger partial charge in [-0.1, -0.05) is 15.9 Å². The fraction of sp³-hybridized carbons (Fsp3) is 0.400. The van der Waals surface area contributed by atoms with Crippen LogP contribution in [0.3, 0.4) is 0 Å². The van der Waals surface area contributed by atoms with Gasteiger partial charge >= 0.3 is 0 Å². The van der Waals surface area contributed by atoms with Crippen LogP contribution in [0.5, 0.6) is 5.75 Å². The SMILES string of the molecule is O=Cc1cc(Br)ccc1OCC(=O)NCC(=O)N1CCCC1. The van der Waals surface area contributed by atoms with E-state index in [1.807, 2.05) is 0 Å². The first kappa shape index (κ1) is 16.5. The van der Waals surface area contributed by atoms with Crippen LogP contribution < -0.4 is 10.1 Å². The first-order valence-electron chi connectivity index (χ1n) is 7.02. The summed E-state index contributed by atoms with van der Waals surface area (Å²) >= 11 is 3.25. The molecule has 2 rings (SSSR count). The molecule has 1 heterocycles. The second-order valence-electron chi connectivity index (χ2n) is 4.95. The Morgan fingerprint density at radius 3 is 2.73 bits per heavy atom. The number of nitrogens with zero attached hydrogens (tertiary/aromatic N) is 1. The lowest BCUT2D eigenvalue weighted by molar-refractivity contribution is -0.132. The van der Waals surface area contributed by atoms with E-state index in [0.717, 1.165) is 30.4 Å². The topological polar surface area (TPSA) is 75.7 Å². The third kappa shape index (κ3) is 4.56. The number of nitrogens with one attached hydrogen (secondary N) is 1. The third-order valence-corrected chi connectivity index (χ3v) is 3.85.